The Morgan fingerprint density at radius 2 is 1.58 bits per heavy atom. The zero-order valence-corrected chi connectivity index (χ0v) is 13.8. The van der Waals surface area contributed by atoms with Crippen LogP contribution in [0.3, 0.4) is 0 Å². The molecule has 3 amide bonds. The Labute approximate surface area is 139 Å². The Bertz CT molecular complexity index is 468. The third-order valence-electron chi connectivity index (χ3n) is 3.17. The van der Waals surface area contributed by atoms with E-state index in [1.807, 2.05) is 13.8 Å². The number of carbonyl (C=O) groups is 4. The second-order valence-electron chi connectivity index (χ2n) is 5.88. The average Bonchev–Trinajstić information content (AvgIpc) is 2.47. The molecule has 8 N–H and O–H groups in total. The standard InChI is InChI=1S/C14H26N4O6/c1-7(2)5-8(15)12(21)18-10(6-19)13(22)17-9(14(23)24)3-4-11(16)20/h7-10,19H,3-6,15H2,1-2H3,(H2,16,20)(H,17,22)(H,18,21)(H,23,24). The number of aliphatic hydroxyl groups excluding tert-OH is 1. The van der Waals surface area contributed by atoms with Gasteiger partial charge in [0.2, 0.25) is 17.7 Å². The molecule has 0 bridgehead atoms. The highest BCUT2D eigenvalue weighted by atomic mass is 16.4. The Morgan fingerprint density at radius 1 is 1.04 bits per heavy atom. The molecule has 0 radical (unpaired) electrons. The molecule has 0 fully saturated rings. The number of carbonyl (C=O) groups excluding carboxylic acids is 3. The minimum absolute atomic E-state index is 0.164. The van der Waals surface area contributed by atoms with Crippen molar-refractivity contribution in [1.82, 2.24) is 10.6 Å². The molecular weight excluding hydrogens is 320 g/mol. The lowest BCUT2D eigenvalue weighted by Crippen LogP contribution is -2.56. The maximum atomic E-state index is 12.0. The van der Waals surface area contributed by atoms with E-state index in [4.69, 9.17) is 16.6 Å². The summed E-state index contributed by atoms with van der Waals surface area (Å²) >= 11 is 0. The van der Waals surface area contributed by atoms with E-state index in [1.54, 1.807) is 0 Å². The normalized spacial score (nSPS) is 14.5. The lowest BCUT2D eigenvalue weighted by Gasteiger charge is -2.21. The molecular formula is C14H26N4O6. The zero-order chi connectivity index (χ0) is 18.9. The van der Waals surface area contributed by atoms with Gasteiger partial charge in [0.15, 0.2) is 0 Å². The maximum absolute atomic E-state index is 12.0. The second-order valence-corrected chi connectivity index (χ2v) is 5.88. The number of hydrogen-bond acceptors (Lipinski definition) is 6. The molecule has 0 aliphatic carbocycles. The van der Waals surface area contributed by atoms with Gasteiger partial charge in [-0.15, -0.1) is 0 Å². The Hall–Kier alpha value is -2.20. The minimum Gasteiger partial charge on any atom is -0.480 e. The Balaban J connectivity index is 4.73. The molecule has 24 heavy (non-hydrogen) atoms. The first-order valence-corrected chi connectivity index (χ1v) is 7.56. The van der Waals surface area contributed by atoms with Crippen LogP contribution in [0.1, 0.15) is 33.1 Å². The Morgan fingerprint density at radius 3 is 2.00 bits per heavy atom. The molecule has 0 spiro atoms. The maximum Gasteiger partial charge on any atom is 0.326 e. The predicted molar refractivity (Wildman–Crippen MR) is 84.4 cm³/mol. The molecule has 0 aliphatic rings. The van der Waals surface area contributed by atoms with Crippen LogP contribution >= 0.6 is 0 Å². The number of carboxylic acids is 1. The van der Waals surface area contributed by atoms with Crippen molar-refractivity contribution in [3.05, 3.63) is 0 Å². The van der Waals surface area contributed by atoms with Gasteiger partial charge in [-0.05, 0) is 18.8 Å². The van der Waals surface area contributed by atoms with E-state index in [1.165, 1.54) is 0 Å². The van der Waals surface area contributed by atoms with Gasteiger partial charge in [-0.2, -0.15) is 0 Å². The summed E-state index contributed by atoms with van der Waals surface area (Å²) in [5, 5.41) is 22.7. The van der Waals surface area contributed by atoms with E-state index >= 15 is 0 Å². The van der Waals surface area contributed by atoms with Crippen LogP contribution in [-0.4, -0.2) is 58.6 Å². The number of amides is 3. The third kappa shape index (κ3) is 8.44. The number of aliphatic carboxylic acids is 1. The Kier molecular flexibility index (Phi) is 9.58. The van der Waals surface area contributed by atoms with Crippen molar-refractivity contribution in [3.63, 3.8) is 0 Å². The largest absolute Gasteiger partial charge is 0.480 e. The highest BCUT2D eigenvalue weighted by Crippen LogP contribution is 2.03. The minimum atomic E-state index is -1.36. The molecule has 0 saturated heterocycles. The monoisotopic (exact) mass is 346 g/mol. The van der Waals surface area contributed by atoms with Crippen molar-refractivity contribution in [3.8, 4) is 0 Å². The quantitative estimate of drug-likeness (QED) is 0.242. The van der Waals surface area contributed by atoms with Gasteiger partial charge in [0.25, 0.3) is 0 Å². The van der Waals surface area contributed by atoms with E-state index in [-0.39, 0.29) is 18.8 Å². The van der Waals surface area contributed by atoms with Gasteiger partial charge in [0.1, 0.15) is 12.1 Å². The third-order valence-corrected chi connectivity index (χ3v) is 3.17. The van der Waals surface area contributed by atoms with E-state index in [0.717, 1.165) is 0 Å². The van der Waals surface area contributed by atoms with Crippen LogP contribution in [0.5, 0.6) is 0 Å². The van der Waals surface area contributed by atoms with Gasteiger partial charge in [-0.1, -0.05) is 13.8 Å². The van der Waals surface area contributed by atoms with Gasteiger partial charge < -0.3 is 32.3 Å². The van der Waals surface area contributed by atoms with Crippen LogP contribution in [0, 0.1) is 5.92 Å². The number of carboxylic acid groups (broad SMARTS) is 1. The highest BCUT2D eigenvalue weighted by molar-refractivity contribution is 5.92. The number of nitrogens with two attached hydrogens (primary N) is 2. The molecule has 0 aromatic rings. The second kappa shape index (κ2) is 10.6. The first-order valence-electron chi connectivity index (χ1n) is 7.56. The summed E-state index contributed by atoms with van der Waals surface area (Å²) in [6.45, 7) is 3.02. The van der Waals surface area contributed by atoms with Crippen molar-refractivity contribution >= 4 is 23.7 Å². The van der Waals surface area contributed by atoms with Gasteiger partial charge in [-0.3, -0.25) is 14.4 Å². The number of primary amides is 1. The zero-order valence-electron chi connectivity index (χ0n) is 13.8. The van der Waals surface area contributed by atoms with Crippen LogP contribution in [0.15, 0.2) is 0 Å². The lowest BCUT2D eigenvalue weighted by atomic mass is 10.0. The molecule has 3 unspecified atom stereocenters. The smallest absolute Gasteiger partial charge is 0.326 e. The van der Waals surface area contributed by atoms with Crippen LogP contribution in [0.25, 0.3) is 0 Å². The van der Waals surface area contributed by atoms with E-state index in [2.05, 4.69) is 10.6 Å². The molecule has 3 atom stereocenters. The first-order chi connectivity index (χ1) is 11.1. The summed E-state index contributed by atoms with van der Waals surface area (Å²) < 4.78 is 0. The van der Waals surface area contributed by atoms with E-state index in [9.17, 15) is 24.3 Å². The molecule has 10 nitrogen and oxygen atoms in total. The van der Waals surface area contributed by atoms with Gasteiger partial charge in [0, 0.05) is 6.42 Å². The summed E-state index contributed by atoms with van der Waals surface area (Å²) in [5.41, 5.74) is 10.6. The van der Waals surface area contributed by atoms with Crippen LogP contribution in [0.4, 0.5) is 0 Å². The number of rotatable bonds is 11. The van der Waals surface area contributed by atoms with Crippen molar-refractivity contribution < 1.29 is 29.4 Å². The fourth-order valence-corrected chi connectivity index (χ4v) is 1.90. The van der Waals surface area contributed by atoms with E-state index < -0.39 is 48.4 Å². The van der Waals surface area contributed by atoms with Gasteiger partial charge in [-0.25, -0.2) is 4.79 Å². The fourth-order valence-electron chi connectivity index (χ4n) is 1.90. The van der Waals surface area contributed by atoms with Crippen molar-refractivity contribution in [2.45, 2.75) is 51.2 Å². The van der Waals surface area contributed by atoms with Gasteiger partial charge in [0.05, 0.1) is 12.6 Å². The molecule has 10 heteroatoms. The van der Waals surface area contributed by atoms with Crippen molar-refractivity contribution in [1.29, 1.82) is 0 Å². The molecule has 0 heterocycles. The van der Waals surface area contributed by atoms with Crippen molar-refractivity contribution in [2.24, 2.45) is 17.4 Å². The molecule has 138 valence electrons. The first kappa shape index (κ1) is 21.8. The fraction of sp³-hybridized carbons (Fsp3) is 0.714. The SMILES string of the molecule is CC(C)CC(N)C(=O)NC(CO)C(=O)NC(CCC(N)=O)C(=O)O. The average molecular weight is 346 g/mol. The highest BCUT2D eigenvalue weighted by Gasteiger charge is 2.27. The predicted octanol–water partition coefficient (Wildman–Crippen LogP) is -2.33. The van der Waals surface area contributed by atoms with Crippen LogP contribution in [0.2, 0.25) is 0 Å². The van der Waals surface area contributed by atoms with Gasteiger partial charge >= 0.3 is 5.97 Å². The number of nitrogens with one attached hydrogen (secondary N) is 2. The summed E-state index contributed by atoms with van der Waals surface area (Å²) in [4.78, 5) is 45.7. The van der Waals surface area contributed by atoms with Crippen molar-refractivity contribution in [2.75, 3.05) is 6.61 Å². The van der Waals surface area contributed by atoms with Crippen LogP contribution < -0.4 is 22.1 Å². The van der Waals surface area contributed by atoms with Crippen LogP contribution in [-0.2, 0) is 19.2 Å². The topological polar surface area (TPSA) is 185 Å². The summed E-state index contributed by atoms with van der Waals surface area (Å²) in [5.74, 6) is -3.41. The summed E-state index contributed by atoms with van der Waals surface area (Å²) in [7, 11) is 0. The van der Waals surface area contributed by atoms with E-state index in [0.29, 0.717) is 6.42 Å². The molecule has 0 aliphatic heterocycles. The summed E-state index contributed by atoms with van der Waals surface area (Å²) in [6, 6.07) is -3.55. The molecule has 0 aromatic carbocycles. The summed E-state index contributed by atoms with van der Waals surface area (Å²) in [6.07, 6.45) is -0.0377. The number of aliphatic hydroxyl groups is 1. The molecule has 0 saturated carbocycles. The molecule has 0 rings (SSSR count). The molecule has 0 aromatic heterocycles. The lowest BCUT2D eigenvalue weighted by molar-refractivity contribution is -0.142. The number of hydrogen-bond donors (Lipinski definition) is 6.